The van der Waals surface area contributed by atoms with Crippen LogP contribution >= 0.6 is 0 Å². The summed E-state index contributed by atoms with van der Waals surface area (Å²) in [6.45, 7) is 6.46. The molecule has 0 fully saturated rings. The van der Waals surface area contributed by atoms with Gasteiger partial charge in [0.1, 0.15) is 4.90 Å². The van der Waals surface area contributed by atoms with Gasteiger partial charge in [-0.05, 0) is 26.8 Å². The molecule has 0 saturated carbocycles. The van der Waals surface area contributed by atoms with Gasteiger partial charge in [-0.1, -0.05) is 0 Å². The number of nitrogens with one attached hydrogen (secondary N) is 2. The van der Waals surface area contributed by atoms with Gasteiger partial charge >= 0.3 is 0 Å². The number of nitrogens with zero attached hydrogens (tertiary/aromatic N) is 3. The van der Waals surface area contributed by atoms with Crippen molar-refractivity contribution >= 4 is 21.4 Å². The van der Waals surface area contributed by atoms with Crippen LogP contribution in [0.3, 0.4) is 0 Å². The van der Waals surface area contributed by atoms with E-state index in [1.807, 2.05) is 20.8 Å². The summed E-state index contributed by atoms with van der Waals surface area (Å²) in [5.74, 6) is 0. The minimum atomic E-state index is -3.71. The molecule has 114 valence electrons. The molecule has 0 aliphatic rings. The first-order valence-electron chi connectivity index (χ1n) is 6.69. The second-order valence-corrected chi connectivity index (χ2v) is 6.46. The van der Waals surface area contributed by atoms with Crippen molar-refractivity contribution in [2.45, 2.75) is 31.7 Å². The summed E-state index contributed by atoms with van der Waals surface area (Å²) in [5.41, 5.74) is 0.950. The molecule has 0 spiro atoms. The monoisotopic (exact) mass is 309 g/mol. The Morgan fingerprint density at radius 1 is 1.33 bits per heavy atom. The van der Waals surface area contributed by atoms with E-state index in [1.165, 1.54) is 12.4 Å². The van der Waals surface area contributed by atoms with Crippen molar-refractivity contribution in [3.63, 3.8) is 0 Å². The molecule has 0 bridgehead atoms. The van der Waals surface area contributed by atoms with E-state index in [-0.39, 0.29) is 10.9 Å². The summed E-state index contributed by atoms with van der Waals surface area (Å²) >= 11 is 0. The molecule has 0 radical (unpaired) electrons. The molecule has 2 rings (SSSR count). The zero-order valence-corrected chi connectivity index (χ0v) is 13.1. The summed E-state index contributed by atoms with van der Waals surface area (Å²) in [5, 5.41) is 7.12. The van der Waals surface area contributed by atoms with E-state index in [1.54, 1.807) is 23.1 Å². The first-order valence-corrected chi connectivity index (χ1v) is 8.17. The van der Waals surface area contributed by atoms with Crippen molar-refractivity contribution in [2.75, 3.05) is 16.6 Å². The Morgan fingerprint density at radius 2 is 2.10 bits per heavy atom. The molecule has 8 heteroatoms. The van der Waals surface area contributed by atoms with Gasteiger partial charge in [0.25, 0.3) is 10.0 Å². The zero-order chi connectivity index (χ0) is 15.5. The van der Waals surface area contributed by atoms with E-state index in [2.05, 4.69) is 20.1 Å². The first-order chi connectivity index (χ1) is 9.94. The Labute approximate surface area is 124 Å². The molecule has 0 amide bonds. The second kappa shape index (κ2) is 6.13. The maximum atomic E-state index is 12.4. The topological polar surface area (TPSA) is 88.9 Å². The van der Waals surface area contributed by atoms with Gasteiger partial charge in [-0.3, -0.25) is 14.4 Å². The third kappa shape index (κ3) is 3.52. The Bertz CT molecular complexity index is 709. The molecular weight excluding hydrogens is 290 g/mol. The Morgan fingerprint density at radius 3 is 2.71 bits per heavy atom. The molecule has 0 aliphatic heterocycles. The van der Waals surface area contributed by atoms with E-state index in [9.17, 15) is 8.42 Å². The van der Waals surface area contributed by atoms with Crippen LogP contribution < -0.4 is 10.0 Å². The molecule has 2 aromatic rings. The Kier molecular flexibility index (Phi) is 4.46. The summed E-state index contributed by atoms with van der Waals surface area (Å²) in [4.78, 5) is 4.00. The molecule has 0 atom stereocenters. The molecule has 2 heterocycles. The van der Waals surface area contributed by atoms with Gasteiger partial charge < -0.3 is 5.32 Å². The third-order valence-electron chi connectivity index (χ3n) is 2.82. The van der Waals surface area contributed by atoms with Crippen LogP contribution in [-0.2, 0) is 10.0 Å². The number of hydrogen-bond acceptors (Lipinski definition) is 5. The molecule has 0 aliphatic carbocycles. The van der Waals surface area contributed by atoms with Gasteiger partial charge in [0.2, 0.25) is 0 Å². The van der Waals surface area contributed by atoms with E-state index in [4.69, 9.17) is 0 Å². The molecule has 0 unspecified atom stereocenters. The number of sulfonamides is 1. The fraction of sp³-hybridized carbons (Fsp3) is 0.385. The maximum absolute atomic E-state index is 12.4. The predicted molar refractivity (Wildman–Crippen MR) is 81.8 cm³/mol. The van der Waals surface area contributed by atoms with Crippen LogP contribution in [0.15, 0.2) is 35.7 Å². The van der Waals surface area contributed by atoms with E-state index >= 15 is 0 Å². The van der Waals surface area contributed by atoms with Gasteiger partial charge in [0, 0.05) is 31.2 Å². The van der Waals surface area contributed by atoms with E-state index < -0.39 is 10.0 Å². The Hall–Kier alpha value is -2.09. The molecule has 21 heavy (non-hydrogen) atoms. The van der Waals surface area contributed by atoms with Crippen molar-refractivity contribution in [3.05, 3.63) is 30.9 Å². The van der Waals surface area contributed by atoms with Crippen molar-refractivity contribution in [1.29, 1.82) is 0 Å². The molecule has 2 N–H and O–H groups in total. The smallest absolute Gasteiger partial charge is 0.265 e. The van der Waals surface area contributed by atoms with Gasteiger partial charge in [-0.2, -0.15) is 5.10 Å². The van der Waals surface area contributed by atoms with Crippen LogP contribution in [0.4, 0.5) is 11.4 Å². The minimum absolute atomic E-state index is 0.115. The van der Waals surface area contributed by atoms with Crippen LogP contribution in [0.1, 0.15) is 26.8 Å². The summed E-state index contributed by atoms with van der Waals surface area (Å²) < 4.78 is 29.1. The third-order valence-corrected chi connectivity index (χ3v) is 4.23. The number of rotatable bonds is 6. The Balaban J connectivity index is 2.29. The standard InChI is InChI=1S/C13H19N5O2S/c1-4-15-12-5-6-14-8-13(12)21(19,20)17-11-7-16-18(9-11)10(2)3/h5-10,17H,4H2,1-3H3,(H,14,15). The van der Waals surface area contributed by atoms with Crippen molar-refractivity contribution in [2.24, 2.45) is 0 Å². The quantitative estimate of drug-likeness (QED) is 0.853. The average molecular weight is 309 g/mol. The normalized spacial score (nSPS) is 11.6. The van der Waals surface area contributed by atoms with Gasteiger partial charge in [-0.25, -0.2) is 8.42 Å². The first kappa shape index (κ1) is 15.3. The maximum Gasteiger partial charge on any atom is 0.265 e. The van der Waals surface area contributed by atoms with E-state index in [0.29, 0.717) is 17.9 Å². The summed E-state index contributed by atoms with van der Waals surface area (Å²) in [7, 11) is -3.71. The highest BCUT2D eigenvalue weighted by molar-refractivity contribution is 7.92. The zero-order valence-electron chi connectivity index (χ0n) is 12.2. The van der Waals surface area contributed by atoms with E-state index in [0.717, 1.165) is 0 Å². The van der Waals surface area contributed by atoms with Crippen LogP contribution in [0.2, 0.25) is 0 Å². The largest absolute Gasteiger partial charge is 0.384 e. The van der Waals surface area contributed by atoms with Gasteiger partial charge in [0.05, 0.1) is 17.6 Å². The lowest BCUT2D eigenvalue weighted by molar-refractivity contribution is 0.532. The second-order valence-electron chi connectivity index (χ2n) is 4.81. The molecular formula is C13H19N5O2S. The molecule has 0 aromatic carbocycles. The highest BCUT2D eigenvalue weighted by atomic mass is 32.2. The predicted octanol–water partition coefficient (Wildman–Crippen LogP) is 2.09. The average Bonchev–Trinajstić information content (AvgIpc) is 2.87. The highest BCUT2D eigenvalue weighted by Crippen LogP contribution is 2.22. The number of aromatic nitrogens is 3. The lowest BCUT2D eigenvalue weighted by Gasteiger charge is -2.11. The van der Waals surface area contributed by atoms with Crippen molar-refractivity contribution < 1.29 is 8.42 Å². The van der Waals surface area contributed by atoms with Crippen LogP contribution in [0.25, 0.3) is 0 Å². The van der Waals surface area contributed by atoms with Gasteiger partial charge in [-0.15, -0.1) is 0 Å². The van der Waals surface area contributed by atoms with Crippen LogP contribution in [0, 0.1) is 0 Å². The molecule has 7 nitrogen and oxygen atoms in total. The van der Waals surface area contributed by atoms with Crippen molar-refractivity contribution in [1.82, 2.24) is 14.8 Å². The molecule has 2 aromatic heterocycles. The minimum Gasteiger partial charge on any atom is -0.384 e. The lowest BCUT2D eigenvalue weighted by atomic mass is 10.4. The number of hydrogen-bond donors (Lipinski definition) is 2. The number of anilines is 2. The summed E-state index contributed by atoms with van der Waals surface area (Å²) in [6, 6.07) is 1.80. The fourth-order valence-electron chi connectivity index (χ4n) is 1.81. The van der Waals surface area contributed by atoms with Crippen molar-refractivity contribution in [3.8, 4) is 0 Å². The highest BCUT2D eigenvalue weighted by Gasteiger charge is 2.19. The van der Waals surface area contributed by atoms with Crippen LogP contribution in [0.5, 0.6) is 0 Å². The fourth-order valence-corrected chi connectivity index (χ4v) is 2.97. The number of pyridine rings is 1. The summed E-state index contributed by atoms with van der Waals surface area (Å²) in [6.07, 6.45) is 6.02. The van der Waals surface area contributed by atoms with Gasteiger partial charge in [0.15, 0.2) is 0 Å². The lowest BCUT2D eigenvalue weighted by Crippen LogP contribution is -2.15. The molecule has 0 saturated heterocycles. The SMILES string of the molecule is CCNc1ccncc1S(=O)(=O)Nc1cnn(C(C)C)c1. The van der Waals surface area contributed by atoms with Crippen LogP contribution in [-0.4, -0.2) is 29.7 Å².